The molecule has 1 amide bonds. The maximum absolute atomic E-state index is 11.7. The molecule has 1 aliphatic heterocycles. The van der Waals surface area contributed by atoms with Crippen molar-refractivity contribution in [1.82, 2.24) is 0 Å². The van der Waals surface area contributed by atoms with Crippen LogP contribution in [0.1, 0.15) is 36.0 Å². The molecule has 0 saturated heterocycles. The van der Waals surface area contributed by atoms with Crippen molar-refractivity contribution < 1.29 is 4.79 Å². The summed E-state index contributed by atoms with van der Waals surface area (Å²) in [5.74, 6) is -0.306. The van der Waals surface area contributed by atoms with Gasteiger partial charge in [-0.15, -0.1) is 0 Å². The molecular formula is C19H16N2O. The van der Waals surface area contributed by atoms with Crippen LogP contribution in [0.3, 0.4) is 0 Å². The van der Waals surface area contributed by atoms with Crippen molar-refractivity contribution >= 4 is 17.7 Å². The number of rotatable bonds is 2. The van der Waals surface area contributed by atoms with Crippen LogP contribution in [0.5, 0.6) is 0 Å². The van der Waals surface area contributed by atoms with Gasteiger partial charge in [0.25, 0.3) is 0 Å². The molecule has 1 atom stereocenters. The molecule has 0 saturated carbocycles. The average molecular weight is 288 g/mol. The molecule has 1 aliphatic rings. The van der Waals surface area contributed by atoms with Gasteiger partial charge in [0.05, 0.1) is 12.0 Å². The van der Waals surface area contributed by atoms with E-state index in [0.717, 1.165) is 28.0 Å². The van der Waals surface area contributed by atoms with Crippen LogP contribution in [-0.4, -0.2) is 5.91 Å². The summed E-state index contributed by atoms with van der Waals surface area (Å²) in [6.45, 7) is 1.94. The monoisotopic (exact) mass is 288 g/mol. The van der Waals surface area contributed by atoms with Gasteiger partial charge >= 0.3 is 0 Å². The Morgan fingerprint density at radius 1 is 1.14 bits per heavy atom. The predicted octanol–water partition coefficient (Wildman–Crippen LogP) is 4.09. The zero-order valence-electron chi connectivity index (χ0n) is 12.3. The molecule has 0 aliphatic carbocycles. The minimum atomic E-state index is -0.306. The molecule has 108 valence electrons. The summed E-state index contributed by atoms with van der Waals surface area (Å²) in [6.07, 6.45) is 2.42. The molecule has 0 radical (unpaired) electrons. The third-order valence-electron chi connectivity index (χ3n) is 3.79. The highest BCUT2D eigenvalue weighted by atomic mass is 16.1. The van der Waals surface area contributed by atoms with E-state index in [4.69, 9.17) is 0 Å². The summed E-state index contributed by atoms with van der Waals surface area (Å²) in [7, 11) is 0. The predicted molar refractivity (Wildman–Crippen MR) is 87.2 cm³/mol. The van der Waals surface area contributed by atoms with Crippen LogP contribution in [-0.2, 0) is 4.79 Å². The summed E-state index contributed by atoms with van der Waals surface area (Å²) in [4.78, 5) is 11.7. The third kappa shape index (κ3) is 2.77. The van der Waals surface area contributed by atoms with Gasteiger partial charge in [-0.3, -0.25) is 4.79 Å². The van der Waals surface area contributed by atoms with Crippen molar-refractivity contribution in [3.05, 3.63) is 70.8 Å². The SMILES string of the molecule is CC1=Cc2cc(C(C#N)c3ccccc3)ccc2NC(=O)C1. The smallest absolute Gasteiger partial charge is 0.228 e. The van der Waals surface area contributed by atoms with Crippen molar-refractivity contribution in [2.24, 2.45) is 0 Å². The Labute approximate surface area is 129 Å². The number of fused-ring (bicyclic) bond motifs is 1. The van der Waals surface area contributed by atoms with Gasteiger partial charge in [0.15, 0.2) is 0 Å². The quantitative estimate of drug-likeness (QED) is 0.905. The van der Waals surface area contributed by atoms with E-state index in [1.807, 2.05) is 61.5 Å². The maximum Gasteiger partial charge on any atom is 0.228 e. The number of hydrogen-bond acceptors (Lipinski definition) is 2. The summed E-state index contributed by atoms with van der Waals surface area (Å²) < 4.78 is 0. The van der Waals surface area contributed by atoms with E-state index in [-0.39, 0.29) is 11.8 Å². The zero-order valence-corrected chi connectivity index (χ0v) is 12.3. The lowest BCUT2D eigenvalue weighted by Gasteiger charge is -2.13. The van der Waals surface area contributed by atoms with Gasteiger partial charge in [-0.1, -0.05) is 48.0 Å². The normalized spacial score (nSPS) is 14.9. The summed E-state index contributed by atoms with van der Waals surface area (Å²) in [6, 6.07) is 17.9. The number of carbonyl (C=O) groups is 1. The maximum atomic E-state index is 11.7. The van der Waals surface area contributed by atoms with Crippen LogP contribution in [0.25, 0.3) is 6.08 Å². The first-order valence-electron chi connectivity index (χ1n) is 7.23. The lowest BCUT2D eigenvalue weighted by molar-refractivity contribution is -0.115. The average Bonchev–Trinajstić information content (AvgIpc) is 2.65. The largest absolute Gasteiger partial charge is 0.325 e. The Hall–Kier alpha value is -2.86. The number of nitriles is 1. The Morgan fingerprint density at radius 2 is 1.91 bits per heavy atom. The van der Waals surface area contributed by atoms with Crippen LogP contribution in [0, 0.1) is 11.3 Å². The number of nitrogens with zero attached hydrogens (tertiary/aromatic N) is 1. The van der Waals surface area contributed by atoms with Crippen LogP contribution < -0.4 is 5.32 Å². The molecule has 2 aromatic carbocycles. The van der Waals surface area contributed by atoms with E-state index in [9.17, 15) is 10.1 Å². The van der Waals surface area contributed by atoms with E-state index in [2.05, 4.69) is 11.4 Å². The third-order valence-corrected chi connectivity index (χ3v) is 3.79. The minimum absolute atomic E-state index is 0.000132. The highest BCUT2D eigenvalue weighted by molar-refractivity contribution is 5.97. The molecule has 0 aromatic heterocycles. The number of carbonyl (C=O) groups excluding carboxylic acids is 1. The van der Waals surface area contributed by atoms with Gasteiger partial charge in [-0.05, 0) is 35.7 Å². The molecule has 1 heterocycles. The Kier molecular flexibility index (Phi) is 3.76. The van der Waals surface area contributed by atoms with E-state index >= 15 is 0 Å². The Balaban J connectivity index is 2.05. The Bertz CT molecular complexity index is 785. The lowest BCUT2D eigenvalue weighted by atomic mass is 9.91. The summed E-state index contributed by atoms with van der Waals surface area (Å²) >= 11 is 0. The fourth-order valence-corrected chi connectivity index (χ4v) is 2.75. The first-order chi connectivity index (χ1) is 10.7. The van der Waals surface area contributed by atoms with Crippen LogP contribution in [0.2, 0.25) is 0 Å². The van der Waals surface area contributed by atoms with E-state index in [1.165, 1.54) is 0 Å². The second-order valence-electron chi connectivity index (χ2n) is 5.54. The summed E-state index contributed by atoms with van der Waals surface area (Å²) in [5, 5.41) is 12.5. The fourth-order valence-electron chi connectivity index (χ4n) is 2.75. The number of nitrogens with one attached hydrogen (secondary N) is 1. The first-order valence-corrected chi connectivity index (χ1v) is 7.23. The highest BCUT2D eigenvalue weighted by Gasteiger charge is 2.17. The van der Waals surface area contributed by atoms with Crippen molar-refractivity contribution in [2.75, 3.05) is 5.32 Å². The van der Waals surface area contributed by atoms with Crippen molar-refractivity contribution in [3.63, 3.8) is 0 Å². The van der Waals surface area contributed by atoms with Gasteiger partial charge in [0, 0.05) is 12.1 Å². The molecule has 0 bridgehead atoms. The number of amides is 1. The standard InChI is InChI=1S/C19H16N2O/c1-13-9-16-11-15(7-8-18(16)21-19(22)10-13)17(12-20)14-5-3-2-4-6-14/h2-9,11,17H,10H2,1H3,(H,21,22). The van der Waals surface area contributed by atoms with Gasteiger partial charge in [0.2, 0.25) is 5.91 Å². The lowest BCUT2D eigenvalue weighted by Crippen LogP contribution is -2.10. The molecular weight excluding hydrogens is 272 g/mol. The van der Waals surface area contributed by atoms with Gasteiger partial charge in [-0.25, -0.2) is 0 Å². The second-order valence-corrected chi connectivity index (χ2v) is 5.54. The molecule has 0 spiro atoms. The molecule has 2 aromatic rings. The van der Waals surface area contributed by atoms with Crippen LogP contribution >= 0.6 is 0 Å². The van der Waals surface area contributed by atoms with Gasteiger partial charge in [-0.2, -0.15) is 5.26 Å². The van der Waals surface area contributed by atoms with Crippen LogP contribution in [0.15, 0.2) is 54.1 Å². The van der Waals surface area contributed by atoms with Crippen molar-refractivity contribution in [3.8, 4) is 6.07 Å². The number of anilines is 1. The zero-order chi connectivity index (χ0) is 15.5. The molecule has 3 nitrogen and oxygen atoms in total. The minimum Gasteiger partial charge on any atom is -0.325 e. The van der Waals surface area contributed by atoms with E-state index in [0.29, 0.717) is 6.42 Å². The molecule has 3 rings (SSSR count). The molecule has 1 unspecified atom stereocenters. The topological polar surface area (TPSA) is 52.9 Å². The highest BCUT2D eigenvalue weighted by Crippen LogP contribution is 2.30. The number of hydrogen-bond donors (Lipinski definition) is 1. The van der Waals surface area contributed by atoms with Gasteiger partial charge < -0.3 is 5.32 Å². The number of benzene rings is 2. The molecule has 22 heavy (non-hydrogen) atoms. The Morgan fingerprint density at radius 3 is 2.64 bits per heavy atom. The van der Waals surface area contributed by atoms with Crippen molar-refractivity contribution in [2.45, 2.75) is 19.3 Å². The molecule has 3 heteroatoms. The van der Waals surface area contributed by atoms with Crippen LogP contribution in [0.4, 0.5) is 5.69 Å². The van der Waals surface area contributed by atoms with E-state index in [1.54, 1.807) is 0 Å². The molecule has 0 fully saturated rings. The van der Waals surface area contributed by atoms with Crippen molar-refractivity contribution in [1.29, 1.82) is 5.26 Å². The van der Waals surface area contributed by atoms with Gasteiger partial charge in [0.1, 0.15) is 0 Å². The fraction of sp³-hybridized carbons (Fsp3) is 0.158. The second kappa shape index (κ2) is 5.87. The summed E-state index contributed by atoms with van der Waals surface area (Å²) in [5.41, 5.74) is 4.69. The first kappa shape index (κ1) is 14.1. The van der Waals surface area contributed by atoms with E-state index < -0.39 is 0 Å². The molecule has 1 N–H and O–H groups in total.